The summed E-state index contributed by atoms with van der Waals surface area (Å²) in [5.74, 6) is 0.378. The molecule has 0 saturated carbocycles. The molecule has 1 saturated heterocycles. The molecule has 2 aromatic carbocycles. The summed E-state index contributed by atoms with van der Waals surface area (Å²) in [6.07, 6.45) is 2.51. The Morgan fingerprint density at radius 1 is 1.12 bits per heavy atom. The first kappa shape index (κ1) is 25.6. The van der Waals surface area contributed by atoms with Crippen molar-refractivity contribution in [1.82, 2.24) is 29.6 Å². The lowest BCUT2D eigenvalue weighted by molar-refractivity contribution is 0.0656. The van der Waals surface area contributed by atoms with Crippen molar-refractivity contribution in [1.29, 1.82) is 0 Å². The molecule has 0 aliphatic carbocycles. The number of carbonyl (C=O) groups excluding carboxylic acids is 1. The molecule has 6 rings (SSSR count). The van der Waals surface area contributed by atoms with Crippen molar-refractivity contribution in [3.05, 3.63) is 53.9 Å². The van der Waals surface area contributed by atoms with Gasteiger partial charge in [0.25, 0.3) is 6.01 Å². The van der Waals surface area contributed by atoms with Gasteiger partial charge < -0.3 is 25.1 Å². The van der Waals surface area contributed by atoms with Crippen molar-refractivity contribution in [2.75, 3.05) is 24.1 Å². The predicted octanol–water partition coefficient (Wildman–Crippen LogP) is 5.76. The average Bonchev–Trinajstić information content (AvgIpc) is 3.51. The van der Waals surface area contributed by atoms with Crippen molar-refractivity contribution < 1.29 is 13.9 Å². The SMILES string of the molecule is Cc1cc(C)c2oc(Nc3ccc(-c4nn(C5CCN(C(=O)OC(C)C)CC5)c5ncnc(N)c45)cc3)nc2c1. The fraction of sp³-hybridized carbons (Fsp3) is 0.345. The zero-order valence-corrected chi connectivity index (χ0v) is 23.0. The number of hydrogen-bond acceptors (Lipinski definition) is 9. The van der Waals surface area contributed by atoms with Gasteiger partial charge in [0.2, 0.25) is 0 Å². The van der Waals surface area contributed by atoms with Gasteiger partial charge in [-0.2, -0.15) is 10.1 Å². The second kappa shape index (κ2) is 10.1. The van der Waals surface area contributed by atoms with Gasteiger partial charge >= 0.3 is 6.09 Å². The molecule has 0 bridgehead atoms. The van der Waals surface area contributed by atoms with Crippen LogP contribution < -0.4 is 11.1 Å². The van der Waals surface area contributed by atoms with E-state index >= 15 is 0 Å². The number of carbonyl (C=O) groups is 1. The number of nitrogens with zero attached hydrogens (tertiary/aromatic N) is 6. The van der Waals surface area contributed by atoms with E-state index < -0.39 is 0 Å². The molecule has 5 aromatic rings. The molecule has 1 amide bonds. The number of aromatic nitrogens is 5. The van der Waals surface area contributed by atoms with Crippen LogP contribution in [0.3, 0.4) is 0 Å². The van der Waals surface area contributed by atoms with Gasteiger partial charge in [0.05, 0.1) is 17.5 Å². The third-order valence-corrected chi connectivity index (χ3v) is 7.15. The van der Waals surface area contributed by atoms with Crippen molar-refractivity contribution in [2.24, 2.45) is 0 Å². The molecular weight excluding hydrogens is 508 g/mol. The zero-order chi connectivity index (χ0) is 28.0. The topological polar surface area (TPSA) is 137 Å². The van der Waals surface area contributed by atoms with Gasteiger partial charge in [0, 0.05) is 24.3 Å². The number of likely N-dealkylation sites (tertiary alicyclic amines) is 1. The van der Waals surface area contributed by atoms with Gasteiger partial charge in [0.1, 0.15) is 23.4 Å². The molecule has 0 spiro atoms. The fourth-order valence-corrected chi connectivity index (χ4v) is 5.29. The maximum absolute atomic E-state index is 12.3. The largest absolute Gasteiger partial charge is 0.447 e. The minimum Gasteiger partial charge on any atom is -0.447 e. The molecule has 1 fully saturated rings. The summed E-state index contributed by atoms with van der Waals surface area (Å²) in [7, 11) is 0. The van der Waals surface area contributed by atoms with E-state index in [0.717, 1.165) is 51.7 Å². The highest BCUT2D eigenvalue weighted by Gasteiger charge is 2.28. The molecule has 3 N–H and O–H groups in total. The molecule has 206 valence electrons. The number of piperidine rings is 1. The van der Waals surface area contributed by atoms with E-state index in [0.29, 0.717) is 36.3 Å². The van der Waals surface area contributed by atoms with Crippen LogP contribution in [0.1, 0.15) is 43.9 Å². The Morgan fingerprint density at radius 2 is 1.88 bits per heavy atom. The Kier molecular flexibility index (Phi) is 6.49. The monoisotopic (exact) mass is 540 g/mol. The van der Waals surface area contributed by atoms with Crippen molar-refractivity contribution in [2.45, 2.75) is 52.7 Å². The van der Waals surface area contributed by atoms with Crippen molar-refractivity contribution in [3.8, 4) is 11.3 Å². The lowest BCUT2D eigenvalue weighted by Crippen LogP contribution is -2.40. The van der Waals surface area contributed by atoms with E-state index in [1.807, 2.05) is 62.7 Å². The third kappa shape index (κ3) is 4.78. The number of hydrogen-bond donors (Lipinski definition) is 2. The number of nitrogens with two attached hydrogens (primary N) is 1. The number of nitrogens with one attached hydrogen (secondary N) is 1. The number of nitrogen functional groups attached to an aromatic ring is 1. The second-order valence-electron chi connectivity index (χ2n) is 10.6. The van der Waals surface area contributed by atoms with Gasteiger partial charge in [-0.1, -0.05) is 18.2 Å². The highest BCUT2D eigenvalue weighted by atomic mass is 16.6. The Hall–Kier alpha value is -4.67. The maximum atomic E-state index is 12.3. The molecule has 11 heteroatoms. The van der Waals surface area contributed by atoms with Crippen LogP contribution in [-0.4, -0.2) is 54.9 Å². The van der Waals surface area contributed by atoms with E-state index in [1.165, 1.54) is 6.33 Å². The molecule has 0 radical (unpaired) electrons. The molecule has 3 aromatic heterocycles. The predicted molar refractivity (Wildman–Crippen MR) is 153 cm³/mol. The van der Waals surface area contributed by atoms with Gasteiger partial charge in [-0.15, -0.1) is 0 Å². The quantitative estimate of drug-likeness (QED) is 0.285. The summed E-state index contributed by atoms with van der Waals surface area (Å²) in [5, 5.41) is 8.94. The molecular formula is C29H32N8O3. The number of amides is 1. The highest BCUT2D eigenvalue weighted by molar-refractivity contribution is 5.98. The van der Waals surface area contributed by atoms with Crippen LogP contribution in [0.15, 0.2) is 47.1 Å². The first-order valence-electron chi connectivity index (χ1n) is 13.5. The van der Waals surface area contributed by atoms with E-state index in [9.17, 15) is 4.79 Å². The van der Waals surface area contributed by atoms with Gasteiger partial charge in [0.15, 0.2) is 11.2 Å². The molecule has 1 aliphatic rings. The Balaban J connectivity index is 1.25. The van der Waals surface area contributed by atoms with Crippen LogP contribution >= 0.6 is 0 Å². The van der Waals surface area contributed by atoms with Crippen molar-refractivity contribution >= 4 is 45.7 Å². The zero-order valence-electron chi connectivity index (χ0n) is 23.0. The maximum Gasteiger partial charge on any atom is 0.410 e. The van der Waals surface area contributed by atoms with E-state index in [-0.39, 0.29) is 18.2 Å². The summed E-state index contributed by atoms with van der Waals surface area (Å²) in [5.41, 5.74) is 13.2. The lowest BCUT2D eigenvalue weighted by atomic mass is 10.1. The summed E-state index contributed by atoms with van der Waals surface area (Å²) in [6, 6.07) is 12.4. The van der Waals surface area contributed by atoms with Crippen LogP contribution in [0.5, 0.6) is 0 Å². The Bertz CT molecular complexity index is 1700. The highest BCUT2D eigenvalue weighted by Crippen LogP contribution is 2.35. The standard InChI is InChI=1S/C29H32N8O3/c1-16(2)39-29(38)36-11-9-21(10-12-36)37-27-23(26(30)31-15-32-27)24(35-37)19-5-7-20(8-6-19)33-28-34-22-14-17(3)13-18(4)25(22)40-28/h5-8,13-16,21H,9-12H2,1-4H3,(H,33,34)(H2,30,31,32). The summed E-state index contributed by atoms with van der Waals surface area (Å²) in [6.45, 7) is 8.94. The minimum atomic E-state index is -0.275. The van der Waals surface area contributed by atoms with Crippen LogP contribution in [0, 0.1) is 13.8 Å². The summed E-state index contributed by atoms with van der Waals surface area (Å²) in [4.78, 5) is 27.4. The van der Waals surface area contributed by atoms with Gasteiger partial charge in [-0.25, -0.2) is 19.4 Å². The molecule has 1 aliphatic heterocycles. The average molecular weight is 541 g/mol. The smallest absolute Gasteiger partial charge is 0.410 e. The number of rotatable bonds is 5. The summed E-state index contributed by atoms with van der Waals surface area (Å²) >= 11 is 0. The van der Waals surface area contributed by atoms with Crippen molar-refractivity contribution in [3.63, 3.8) is 0 Å². The first-order valence-corrected chi connectivity index (χ1v) is 13.5. The molecule has 11 nitrogen and oxygen atoms in total. The number of anilines is 3. The van der Waals surface area contributed by atoms with Crippen LogP contribution in [0.2, 0.25) is 0 Å². The minimum absolute atomic E-state index is 0.0702. The number of ether oxygens (including phenoxy) is 1. The van der Waals surface area contributed by atoms with Gasteiger partial charge in [-0.3, -0.25) is 0 Å². The third-order valence-electron chi connectivity index (χ3n) is 7.15. The Morgan fingerprint density at radius 3 is 2.60 bits per heavy atom. The molecule has 0 unspecified atom stereocenters. The second-order valence-corrected chi connectivity index (χ2v) is 10.6. The number of aryl methyl sites for hydroxylation is 2. The number of oxazole rings is 1. The normalized spacial score (nSPS) is 14.4. The van der Waals surface area contributed by atoms with E-state index in [1.54, 1.807) is 4.90 Å². The van der Waals surface area contributed by atoms with Gasteiger partial charge in [-0.05, 0) is 69.9 Å². The van der Waals surface area contributed by atoms with Crippen LogP contribution in [-0.2, 0) is 4.74 Å². The fourth-order valence-electron chi connectivity index (χ4n) is 5.29. The number of benzene rings is 2. The van der Waals surface area contributed by atoms with E-state index in [2.05, 4.69) is 26.3 Å². The van der Waals surface area contributed by atoms with E-state index in [4.69, 9.17) is 20.0 Å². The number of fused-ring (bicyclic) bond motifs is 2. The lowest BCUT2D eigenvalue weighted by Gasteiger charge is -2.32. The molecule has 4 heterocycles. The van der Waals surface area contributed by atoms with Crippen LogP contribution in [0.25, 0.3) is 33.4 Å². The van der Waals surface area contributed by atoms with Crippen LogP contribution in [0.4, 0.5) is 22.3 Å². The summed E-state index contributed by atoms with van der Waals surface area (Å²) < 4.78 is 13.3. The molecule has 0 atom stereocenters. The molecule has 40 heavy (non-hydrogen) atoms. The Labute approximate surface area is 231 Å². The first-order chi connectivity index (χ1) is 19.3.